The maximum absolute atomic E-state index is 13.6. The van der Waals surface area contributed by atoms with E-state index in [1.165, 1.54) is 19.2 Å². The van der Waals surface area contributed by atoms with Gasteiger partial charge in [0.25, 0.3) is 0 Å². The van der Waals surface area contributed by atoms with Crippen LogP contribution >= 0.6 is 23.2 Å². The van der Waals surface area contributed by atoms with E-state index in [4.69, 9.17) is 27.9 Å². The number of carbonyl (C=O) groups excluding carboxylic acids is 1. The Kier molecular flexibility index (Phi) is 5.21. The molecule has 0 saturated carbocycles. The van der Waals surface area contributed by atoms with Crippen LogP contribution in [0.1, 0.15) is 11.1 Å². The third-order valence-electron chi connectivity index (χ3n) is 3.05. The fourth-order valence-electron chi connectivity index (χ4n) is 2.01. The van der Waals surface area contributed by atoms with Crippen LogP contribution in [0.3, 0.4) is 0 Å². The molecule has 0 fully saturated rings. The van der Waals surface area contributed by atoms with Crippen molar-refractivity contribution in [2.45, 2.75) is 12.8 Å². The molecule has 0 radical (unpaired) electrons. The van der Waals surface area contributed by atoms with Crippen molar-refractivity contribution in [3.05, 3.63) is 63.4 Å². The van der Waals surface area contributed by atoms with Crippen LogP contribution in [-0.4, -0.2) is 12.9 Å². The van der Waals surface area contributed by atoms with Crippen LogP contribution in [0.4, 0.5) is 4.39 Å². The van der Waals surface area contributed by atoms with Gasteiger partial charge < -0.3 is 4.74 Å². The van der Waals surface area contributed by atoms with Crippen LogP contribution < -0.4 is 4.74 Å². The summed E-state index contributed by atoms with van der Waals surface area (Å²) in [6.45, 7) is 0. The lowest BCUT2D eigenvalue weighted by atomic mass is 10.0. The SMILES string of the molecule is COc1ccc(CC(=O)Cc2c(Cl)cccc2Cl)cc1F. The zero-order chi connectivity index (χ0) is 15.4. The first-order chi connectivity index (χ1) is 10.0. The van der Waals surface area contributed by atoms with Gasteiger partial charge in [-0.2, -0.15) is 0 Å². The maximum atomic E-state index is 13.6. The molecule has 2 rings (SSSR count). The molecule has 21 heavy (non-hydrogen) atoms. The third kappa shape index (κ3) is 3.96. The highest BCUT2D eigenvalue weighted by Crippen LogP contribution is 2.25. The fraction of sp³-hybridized carbons (Fsp3) is 0.188. The molecule has 0 aliphatic rings. The van der Waals surface area contributed by atoms with Gasteiger partial charge in [0.1, 0.15) is 5.78 Å². The highest BCUT2D eigenvalue weighted by atomic mass is 35.5. The first-order valence-corrected chi connectivity index (χ1v) is 7.04. The average molecular weight is 327 g/mol. The van der Waals surface area contributed by atoms with Crippen molar-refractivity contribution in [2.75, 3.05) is 7.11 Å². The number of ketones is 1. The van der Waals surface area contributed by atoms with E-state index in [2.05, 4.69) is 0 Å². The molecule has 0 atom stereocenters. The van der Waals surface area contributed by atoms with Crippen LogP contribution in [0, 0.1) is 5.82 Å². The number of hydrogen-bond donors (Lipinski definition) is 0. The van der Waals surface area contributed by atoms with E-state index in [-0.39, 0.29) is 24.4 Å². The van der Waals surface area contributed by atoms with Gasteiger partial charge in [-0.05, 0) is 35.4 Å². The second-order valence-corrected chi connectivity index (χ2v) is 5.38. The Bertz CT molecular complexity index is 651. The molecule has 0 heterocycles. The van der Waals surface area contributed by atoms with E-state index in [1.807, 2.05) is 0 Å². The van der Waals surface area contributed by atoms with Crippen molar-refractivity contribution >= 4 is 29.0 Å². The minimum atomic E-state index is -0.487. The number of methoxy groups -OCH3 is 1. The highest BCUT2D eigenvalue weighted by molar-refractivity contribution is 6.36. The van der Waals surface area contributed by atoms with Crippen LogP contribution in [-0.2, 0) is 17.6 Å². The Labute approximate surface area is 132 Å². The predicted octanol–water partition coefficient (Wildman–Crippen LogP) is 4.50. The molecule has 0 aliphatic carbocycles. The van der Waals surface area contributed by atoms with E-state index in [9.17, 15) is 9.18 Å². The monoisotopic (exact) mass is 326 g/mol. The third-order valence-corrected chi connectivity index (χ3v) is 3.76. The van der Waals surface area contributed by atoms with E-state index >= 15 is 0 Å². The number of carbonyl (C=O) groups is 1. The Morgan fingerprint density at radius 3 is 2.38 bits per heavy atom. The molecular weight excluding hydrogens is 314 g/mol. The summed E-state index contributed by atoms with van der Waals surface area (Å²) >= 11 is 12.1. The summed E-state index contributed by atoms with van der Waals surface area (Å²) < 4.78 is 18.4. The standard InChI is InChI=1S/C16H13Cl2FO2/c1-21-16-6-5-10(8-15(16)19)7-11(20)9-12-13(17)3-2-4-14(12)18/h2-6,8H,7,9H2,1H3. The molecule has 0 aromatic heterocycles. The van der Waals surface area contributed by atoms with Gasteiger partial charge in [0.05, 0.1) is 7.11 Å². The molecule has 0 amide bonds. The summed E-state index contributed by atoms with van der Waals surface area (Å²) in [4.78, 5) is 12.1. The molecule has 0 saturated heterocycles. The topological polar surface area (TPSA) is 26.3 Å². The van der Waals surface area contributed by atoms with Crippen molar-refractivity contribution in [1.82, 2.24) is 0 Å². The number of hydrogen-bond acceptors (Lipinski definition) is 2. The minimum absolute atomic E-state index is 0.0884. The predicted molar refractivity (Wildman–Crippen MR) is 81.8 cm³/mol. The largest absolute Gasteiger partial charge is 0.494 e. The molecular formula is C16H13Cl2FO2. The fourth-order valence-corrected chi connectivity index (χ4v) is 2.54. The quantitative estimate of drug-likeness (QED) is 0.808. The molecule has 2 aromatic rings. The first-order valence-electron chi connectivity index (χ1n) is 6.28. The van der Waals surface area contributed by atoms with E-state index < -0.39 is 5.82 Å². The van der Waals surface area contributed by atoms with Crippen molar-refractivity contribution in [3.8, 4) is 5.75 Å². The number of Topliss-reactive ketones (excluding diaryl/α,β-unsaturated/α-hetero) is 1. The number of rotatable bonds is 5. The van der Waals surface area contributed by atoms with Crippen molar-refractivity contribution in [1.29, 1.82) is 0 Å². The lowest BCUT2D eigenvalue weighted by Gasteiger charge is -2.07. The molecule has 2 nitrogen and oxygen atoms in total. The molecule has 0 spiro atoms. The van der Waals surface area contributed by atoms with Gasteiger partial charge >= 0.3 is 0 Å². The van der Waals surface area contributed by atoms with Crippen molar-refractivity contribution < 1.29 is 13.9 Å². The molecule has 0 bridgehead atoms. The smallest absolute Gasteiger partial charge is 0.165 e. The Balaban J connectivity index is 2.10. The van der Waals surface area contributed by atoms with Crippen molar-refractivity contribution in [3.63, 3.8) is 0 Å². The Morgan fingerprint density at radius 2 is 1.81 bits per heavy atom. The lowest BCUT2D eigenvalue weighted by molar-refractivity contribution is -0.117. The van der Waals surface area contributed by atoms with Crippen LogP contribution in [0.25, 0.3) is 0 Å². The van der Waals surface area contributed by atoms with Gasteiger partial charge in [0.2, 0.25) is 0 Å². The maximum Gasteiger partial charge on any atom is 0.165 e. The highest BCUT2D eigenvalue weighted by Gasteiger charge is 2.12. The number of ether oxygens (including phenoxy) is 1. The summed E-state index contributed by atoms with van der Waals surface area (Å²) in [6, 6.07) is 9.54. The molecule has 0 aliphatic heterocycles. The summed E-state index contributed by atoms with van der Waals surface area (Å²) in [5.74, 6) is -0.423. The lowest BCUT2D eigenvalue weighted by Crippen LogP contribution is -2.08. The number of benzene rings is 2. The van der Waals surface area contributed by atoms with Gasteiger partial charge in [-0.1, -0.05) is 35.3 Å². The molecule has 110 valence electrons. The van der Waals surface area contributed by atoms with E-state index in [1.54, 1.807) is 24.3 Å². The normalized spacial score (nSPS) is 10.5. The van der Waals surface area contributed by atoms with Crippen LogP contribution in [0.15, 0.2) is 36.4 Å². The Hall–Kier alpha value is -1.58. The molecule has 2 aromatic carbocycles. The summed E-state index contributed by atoms with van der Waals surface area (Å²) in [5.41, 5.74) is 1.18. The summed E-state index contributed by atoms with van der Waals surface area (Å²) in [5, 5.41) is 0.911. The van der Waals surface area contributed by atoms with Crippen molar-refractivity contribution in [2.24, 2.45) is 0 Å². The Morgan fingerprint density at radius 1 is 1.14 bits per heavy atom. The zero-order valence-electron chi connectivity index (χ0n) is 11.3. The van der Waals surface area contributed by atoms with E-state index in [0.29, 0.717) is 21.2 Å². The number of halogens is 3. The first kappa shape index (κ1) is 15.8. The van der Waals surface area contributed by atoms with Crippen LogP contribution in [0.2, 0.25) is 10.0 Å². The van der Waals surface area contributed by atoms with Gasteiger partial charge in [0.15, 0.2) is 11.6 Å². The zero-order valence-corrected chi connectivity index (χ0v) is 12.8. The second kappa shape index (κ2) is 6.92. The van der Waals surface area contributed by atoms with Gasteiger partial charge in [0, 0.05) is 22.9 Å². The summed E-state index contributed by atoms with van der Waals surface area (Å²) in [7, 11) is 1.39. The average Bonchev–Trinajstić information content (AvgIpc) is 2.43. The minimum Gasteiger partial charge on any atom is -0.494 e. The molecule has 0 N–H and O–H groups in total. The van der Waals surface area contributed by atoms with Gasteiger partial charge in [-0.3, -0.25) is 4.79 Å². The van der Waals surface area contributed by atoms with Crippen LogP contribution in [0.5, 0.6) is 5.75 Å². The second-order valence-electron chi connectivity index (χ2n) is 4.56. The molecule has 5 heteroatoms. The molecule has 0 unspecified atom stereocenters. The van der Waals surface area contributed by atoms with Gasteiger partial charge in [-0.25, -0.2) is 4.39 Å². The summed E-state index contributed by atoms with van der Waals surface area (Å²) in [6.07, 6.45) is 0.231. The van der Waals surface area contributed by atoms with Gasteiger partial charge in [-0.15, -0.1) is 0 Å². The van der Waals surface area contributed by atoms with E-state index in [0.717, 1.165) is 0 Å².